The molecular weight excluding hydrogens is 679 g/mol. The Morgan fingerprint density at radius 2 is 1.07 bits per heavy atom. The Morgan fingerprint density at radius 3 is 1.75 bits per heavy atom. The molecule has 0 bridgehead atoms. The highest BCUT2D eigenvalue weighted by Gasteiger charge is 2.36. The summed E-state index contributed by atoms with van der Waals surface area (Å²) < 4.78 is 0. The number of hydrogen-bond acceptors (Lipinski definition) is 3. The Hall–Kier alpha value is -6.89. The maximum atomic E-state index is 9.73. The first-order valence-corrected chi connectivity index (χ1v) is 19.4. The minimum atomic E-state index is -0.193. The first-order chi connectivity index (χ1) is 27.4. The Labute approximate surface area is 330 Å². The van der Waals surface area contributed by atoms with E-state index in [0.717, 1.165) is 46.0 Å². The van der Waals surface area contributed by atoms with E-state index in [-0.39, 0.29) is 11.3 Å². The number of fused-ring (bicyclic) bond motifs is 4. The summed E-state index contributed by atoms with van der Waals surface area (Å²) in [6.45, 7) is 6.85. The van der Waals surface area contributed by atoms with E-state index in [1.54, 1.807) is 0 Å². The molecule has 0 fully saturated rings. The standard InChI is InChI=1S/C53H43N3/c1-37-32-46(28-24-42(37)36-54)56(47-27-23-40-12-10-11-13-41(40)34-47)48-29-31-50-49-30-22-39(33-51(49)53(2,3)52(50)35-48)19-18-38-20-25-45(26-21-38)55(43-14-6-4-7-15-43)44-16-8-5-9-17-44/h4-31,33-35,37H,32H2,1-3H3. The van der Waals surface area contributed by atoms with Crippen molar-refractivity contribution in [3.05, 3.63) is 209 Å². The second kappa shape index (κ2) is 14.4. The van der Waals surface area contributed by atoms with Crippen molar-refractivity contribution < 1.29 is 0 Å². The summed E-state index contributed by atoms with van der Waals surface area (Å²) in [5.41, 5.74) is 15.0. The molecule has 56 heavy (non-hydrogen) atoms. The Bertz CT molecular complexity index is 2670. The molecule has 0 spiro atoms. The molecule has 3 heteroatoms. The van der Waals surface area contributed by atoms with E-state index < -0.39 is 0 Å². The smallest absolute Gasteiger partial charge is 0.0950 e. The summed E-state index contributed by atoms with van der Waals surface area (Å²) in [5, 5.41) is 12.2. The second-order valence-electron chi connectivity index (χ2n) is 15.5. The van der Waals surface area contributed by atoms with Gasteiger partial charge in [-0.1, -0.05) is 136 Å². The van der Waals surface area contributed by atoms with Gasteiger partial charge in [-0.15, -0.1) is 0 Å². The average molecular weight is 722 g/mol. The SMILES string of the molecule is CC1CC(N(c2ccc3c(c2)C(C)(C)c2cc(C=Cc4ccc(N(c5ccccc5)c5ccccc5)cc4)ccc2-3)c2ccc3ccccc3c2)=CC=C1C#N. The van der Waals surface area contributed by atoms with Crippen LogP contribution in [-0.2, 0) is 5.41 Å². The fraction of sp³-hybridized carbons (Fsp3) is 0.113. The van der Waals surface area contributed by atoms with Gasteiger partial charge in [-0.05, 0) is 129 Å². The first-order valence-electron chi connectivity index (χ1n) is 19.4. The zero-order valence-corrected chi connectivity index (χ0v) is 32.0. The van der Waals surface area contributed by atoms with Gasteiger partial charge >= 0.3 is 0 Å². The summed E-state index contributed by atoms with van der Waals surface area (Å²) in [4.78, 5) is 4.68. The number of benzene rings is 7. The number of anilines is 5. The van der Waals surface area contributed by atoms with Gasteiger partial charge in [0, 0.05) is 45.1 Å². The maximum absolute atomic E-state index is 9.73. The van der Waals surface area contributed by atoms with Crippen molar-refractivity contribution in [2.24, 2.45) is 5.92 Å². The third-order valence-corrected chi connectivity index (χ3v) is 11.5. The molecule has 0 aliphatic heterocycles. The molecule has 0 radical (unpaired) electrons. The summed E-state index contributed by atoms with van der Waals surface area (Å²) >= 11 is 0. The van der Waals surface area contributed by atoms with Crippen molar-refractivity contribution in [2.75, 3.05) is 9.80 Å². The average Bonchev–Trinajstić information content (AvgIpc) is 3.46. The first kappa shape index (κ1) is 34.9. The predicted octanol–water partition coefficient (Wildman–Crippen LogP) is 14.3. The van der Waals surface area contributed by atoms with Gasteiger partial charge in [0.05, 0.1) is 6.07 Å². The van der Waals surface area contributed by atoms with E-state index >= 15 is 0 Å². The van der Waals surface area contributed by atoms with Crippen LogP contribution in [0.1, 0.15) is 49.4 Å². The van der Waals surface area contributed by atoms with Crippen molar-refractivity contribution in [3.63, 3.8) is 0 Å². The van der Waals surface area contributed by atoms with E-state index in [0.29, 0.717) is 0 Å². The van der Waals surface area contributed by atoms with Crippen LogP contribution in [0.3, 0.4) is 0 Å². The number of nitriles is 1. The monoisotopic (exact) mass is 721 g/mol. The van der Waals surface area contributed by atoms with Crippen LogP contribution in [0.4, 0.5) is 28.4 Å². The highest BCUT2D eigenvalue weighted by molar-refractivity contribution is 5.90. The lowest BCUT2D eigenvalue weighted by Gasteiger charge is -2.32. The fourth-order valence-corrected chi connectivity index (χ4v) is 8.47. The number of nitrogens with zero attached hydrogens (tertiary/aromatic N) is 3. The molecule has 3 nitrogen and oxygen atoms in total. The molecule has 9 rings (SSSR count). The van der Waals surface area contributed by atoms with Gasteiger partial charge in [-0.25, -0.2) is 0 Å². The Kier molecular flexibility index (Phi) is 8.96. The van der Waals surface area contributed by atoms with E-state index in [1.165, 1.54) is 44.3 Å². The van der Waals surface area contributed by atoms with Gasteiger partial charge in [-0.2, -0.15) is 5.26 Å². The second-order valence-corrected chi connectivity index (χ2v) is 15.5. The molecule has 1 atom stereocenters. The van der Waals surface area contributed by atoms with Crippen molar-refractivity contribution in [1.82, 2.24) is 0 Å². The van der Waals surface area contributed by atoms with Crippen LogP contribution in [0.25, 0.3) is 34.1 Å². The van der Waals surface area contributed by atoms with E-state index in [4.69, 9.17) is 0 Å². The largest absolute Gasteiger partial charge is 0.314 e. The Morgan fingerprint density at radius 1 is 0.536 bits per heavy atom. The molecule has 0 saturated heterocycles. The van der Waals surface area contributed by atoms with Crippen LogP contribution < -0.4 is 9.80 Å². The van der Waals surface area contributed by atoms with Crippen molar-refractivity contribution in [3.8, 4) is 17.2 Å². The van der Waals surface area contributed by atoms with Gasteiger partial charge in [-0.3, -0.25) is 0 Å². The quantitative estimate of drug-likeness (QED) is 0.146. The van der Waals surface area contributed by atoms with Gasteiger partial charge < -0.3 is 9.80 Å². The van der Waals surface area contributed by atoms with Crippen LogP contribution in [-0.4, -0.2) is 0 Å². The van der Waals surface area contributed by atoms with Gasteiger partial charge in [0.2, 0.25) is 0 Å². The highest BCUT2D eigenvalue weighted by Crippen LogP contribution is 2.51. The zero-order valence-electron chi connectivity index (χ0n) is 32.0. The fourth-order valence-electron chi connectivity index (χ4n) is 8.47. The summed E-state index contributed by atoms with van der Waals surface area (Å²) in [7, 11) is 0. The molecule has 0 saturated carbocycles. The van der Waals surface area contributed by atoms with Crippen molar-refractivity contribution in [2.45, 2.75) is 32.6 Å². The molecule has 270 valence electrons. The van der Waals surface area contributed by atoms with E-state index in [9.17, 15) is 5.26 Å². The van der Waals surface area contributed by atoms with Gasteiger partial charge in [0.1, 0.15) is 0 Å². The lowest BCUT2D eigenvalue weighted by atomic mass is 9.81. The molecule has 0 heterocycles. The summed E-state index contributed by atoms with van der Waals surface area (Å²) in [6.07, 6.45) is 9.37. The lowest BCUT2D eigenvalue weighted by molar-refractivity contribution is 0.658. The third kappa shape index (κ3) is 6.40. The summed E-state index contributed by atoms with van der Waals surface area (Å²) in [5.74, 6) is 0.153. The van der Waals surface area contributed by atoms with Crippen LogP contribution in [0.15, 0.2) is 187 Å². The zero-order chi connectivity index (χ0) is 38.2. The topological polar surface area (TPSA) is 30.3 Å². The van der Waals surface area contributed by atoms with E-state index in [2.05, 4.69) is 219 Å². The minimum Gasteiger partial charge on any atom is -0.314 e. The molecule has 2 aliphatic carbocycles. The highest BCUT2D eigenvalue weighted by atomic mass is 15.2. The number of hydrogen-bond donors (Lipinski definition) is 0. The Balaban J connectivity index is 1.02. The minimum absolute atomic E-state index is 0.153. The molecule has 7 aromatic carbocycles. The van der Waals surface area contributed by atoms with Crippen LogP contribution in [0, 0.1) is 17.2 Å². The molecule has 1 unspecified atom stereocenters. The van der Waals surface area contributed by atoms with Gasteiger partial charge in [0.25, 0.3) is 0 Å². The van der Waals surface area contributed by atoms with Crippen LogP contribution in [0.2, 0.25) is 0 Å². The maximum Gasteiger partial charge on any atom is 0.0950 e. The summed E-state index contributed by atoms with van der Waals surface area (Å²) in [6, 6.07) is 61.3. The normalized spacial score (nSPS) is 15.4. The molecule has 7 aromatic rings. The number of rotatable bonds is 8. The van der Waals surface area contributed by atoms with Gasteiger partial charge in [0.15, 0.2) is 0 Å². The van der Waals surface area contributed by atoms with E-state index in [1.807, 2.05) is 6.08 Å². The number of para-hydroxylation sites is 2. The van der Waals surface area contributed by atoms with Crippen molar-refractivity contribution in [1.29, 1.82) is 5.26 Å². The molecule has 2 aliphatic rings. The molecule has 0 amide bonds. The van der Waals surface area contributed by atoms with Crippen molar-refractivity contribution >= 4 is 51.4 Å². The molecule has 0 aromatic heterocycles. The third-order valence-electron chi connectivity index (χ3n) is 11.5. The predicted molar refractivity (Wildman–Crippen MR) is 236 cm³/mol. The molecular formula is C53H43N3. The van der Waals surface area contributed by atoms with Crippen LogP contribution in [0.5, 0.6) is 0 Å². The molecule has 0 N–H and O–H groups in total. The number of allylic oxidation sites excluding steroid dienone is 4. The lowest BCUT2D eigenvalue weighted by Crippen LogP contribution is -2.22. The van der Waals surface area contributed by atoms with Crippen LogP contribution >= 0.6 is 0 Å².